The number of alkyl halides is 4. The molecule has 0 bridgehead atoms. The van der Waals surface area contributed by atoms with Crippen molar-refractivity contribution in [3.8, 4) is 11.8 Å². The van der Waals surface area contributed by atoms with E-state index in [1.807, 2.05) is 0 Å². The number of pyridine rings is 1. The van der Waals surface area contributed by atoms with E-state index < -0.39 is 18.8 Å². The van der Waals surface area contributed by atoms with Crippen molar-refractivity contribution >= 4 is 22.6 Å². The fourth-order valence-corrected chi connectivity index (χ4v) is 1.71. The van der Waals surface area contributed by atoms with Gasteiger partial charge in [0.1, 0.15) is 6.67 Å². The van der Waals surface area contributed by atoms with Crippen LogP contribution in [0.5, 0.6) is 5.75 Å². The first kappa shape index (κ1) is 14.0. The minimum Gasteiger partial charge on any atom is -0.404 e. The lowest BCUT2D eigenvalue weighted by molar-refractivity contribution is -0.275. The number of nitrogens with zero attached hydrogens (tertiary/aromatic N) is 2. The standard InChI is InChI=1S/C9H5F4IN2O/c10-3-5-7(1-2-15)16-4-6(14)8(5)17-9(11,12)13/h4H,1,3H2. The SMILES string of the molecule is N#CCc1ncc(I)c(OC(F)(F)F)c1CF. The monoisotopic (exact) mass is 360 g/mol. The molecular formula is C9H5F4IN2O. The molecule has 1 aromatic rings. The second-order valence-electron chi connectivity index (χ2n) is 2.88. The highest BCUT2D eigenvalue weighted by Crippen LogP contribution is 2.33. The highest BCUT2D eigenvalue weighted by Gasteiger charge is 2.33. The molecule has 0 radical (unpaired) electrons. The summed E-state index contributed by atoms with van der Waals surface area (Å²) in [4.78, 5) is 3.71. The van der Waals surface area contributed by atoms with E-state index >= 15 is 0 Å². The maximum Gasteiger partial charge on any atom is 0.573 e. The maximum atomic E-state index is 12.7. The molecule has 17 heavy (non-hydrogen) atoms. The van der Waals surface area contributed by atoms with Crippen LogP contribution in [0.1, 0.15) is 11.3 Å². The van der Waals surface area contributed by atoms with E-state index in [4.69, 9.17) is 5.26 Å². The Morgan fingerprint density at radius 3 is 2.59 bits per heavy atom. The molecule has 1 heterocycles. The van der Waals surface area contributed by atoms with Gasteiger partial charge in [0, 0.05) is 11.8 Å². The van der Waals surface area contributed by atoms with Gasteiger partial charge in [-0.15, -0.1) is 13.2 Å². The van der Waals surface area contributed by atoms with E-state index in [0.717, 1.165) is 6.20 Å². The third-order valence-corrected chi connectivity index (χ3v) is 2.54. The second kappa shape index (κ2) is 5.48. The zero-order valence-corrected chi connectivity index (χ0v) is 10.3. The maximum absolute atomic E-state index is 12.7. The average molecular weight is 360 g/mol. The molecule has 3 nitrogen and oxygen atoms in total. The normalized spacial score (nSPS) is 11.1. The molecule has 0 aliphatic carbocycles. The fourth-order valence-electron chi connectivity index (χ4n) is 1.14. The van der Waals surface area contributed by atoms with E-state index in [1.54, 1.807) is 28.7 Å². The molecule has 1 aromatic heterocycles. The summed E-state index contributed by atoms with van der Waals surface area (Å²) in [6, 6.07) is 1.70. The lowest BCUT2D eigenvalue weighted by Crippen LogP contribution is -2.19. The number of aromatic nitrogens is 1. The zero-order chi connectivity index (χ0) is 13.1. The van der Waals surface area contributed by atoms with E-state index in [1.165, 1.54) is 0 Å². The molecule has 0 amide bonds. The van der Waals surface area contributed by atoms with Crippen LogP contribution in [-0.4, -0.2) is 11.3 Å². The first-order valence-electron chi connectivity index (χ1n) is 4.24. The van der Waals surface area contributed by atoms with Crippen LogP contribution in [0.4, 0.5) is 17.6 Å². The Morgan fingerprint density at radius 1 is 1.47 bits per heavy atom. The minimum atomic E-state index is -4.91. The number of hydrogen-bond donors (Lipinski definition) is 0. The lowest BCUT2D eigenvalue weighted by Gasteiger charge is -2.14. The van der Waals surface area contributed by atoms with E-state index in [0.29, 0.717) is 0 Å². The van der Waals surface area contributed by atoms with Gasteiger partial charge in [-0.2, -0.15) is 5.26 Å². The summed E-state index contributed by atoms with van der Waals surface area (Å²) in [6.45, 7) is -1.17. The van der Waals surface area contributed by atoms with Gasteiger partial charge < -0.3 is 4.74 Å². The molecule has 92 valence electrons. The third-order valence-electron chi connectivity index (χ3n) is 1.77. The second-order valence-corrected chi connectivity index (χ2v) is 4.04. The Kier molecular flexibility index (Phi) is 4.50. The number of ether oxygens (including phenoxy) is 1. The van der Waals surface area contributed by atoms with Gasteiger partial charge in [0.25, 0.3) is 0 Å². The van der Waals surface area contributed by atoms with Crippen LogP contribution in [0.25, 0.3) is 0 Å². The molecular weight excluding hydrogens is 355 g/mol. The highest BCUT2D eigenvalue weighted by molar-refractivity contribution is 14.1. The number of nitriles is 1. The van der Waals surface area contributed by atoms with Gasteiger partial charge in [-0.25, -0.2) is 4.39 Å². The van der Waals surface area contributed by atoms with Crippen LogP contribution < -0.4 is 4.74 Å². The van der Waals surface area contributed by atoms with Crippen LogP contribution in [0, 0.1) is 14.9 Å². The Bertz CT molecular complexity index is 456. The summed E-state index contributed by atoms with van der Waals surface area (Å²) in [5.41, 5.74) is -0.384. The fraction of sp³-hybridized carbons (Fsp3) is 0.333. The predicted octanol–water partition coefficient (Wildman–Crippen LogP) is 3.12. The van der Waals surface area contributed by atoms with Crippen molar-refractivity contribution in [2.24, 2.45) is 0 Å². The van der Waals surface area contributed by atoms with E-state index in [2.05, 4.69) is 9.72 Å². The Morgan fingerprint density at radius 2 is 2.12 bits per heavy atom. The minimum absolute atomic E-state index is 0.0364. The van der Waals surface area contributed by atoms with Gasteiger partial charge in [-0.3, -0.25) is 4.98 Å². The first-order valence-corrected chi connectivity index (χ1v) is 5.31. The van der Waals surface area contributed by atoms with Crippen molar-refractivity contribution in [3.05, 3.63) is 21.0 Å². The summed E-state index contributed by atoms with van der Waals surface area (Å²) in [5.74, 6) is -0.624. The van der Waals surface area contributed by atoms with E-state index in [-0.39, 0.29) is 21.2 Å². The van der Waals surface area contributed by atoms with Crippen LogP contribution in [0.2, 0.25) is 0 Å². The summed E-state index contributed by atoms with van der Waals surface area (Å²) in [6.07, 6.45) is -4.08. The molecule has 1 rings (SSSR count). The molecule has 0 saturated heterocycles. The Hall–Kier alpha value is -1.11. The smallest absolute Gasteiger partial charge is 0.404 e. The molecule has 0 aliphatic heterocycles. The molecule has 0 atom stereocenters. The van der Waals surface area contributed by atoms with Gasteiger partial charge in [-0.1, -0.05) is 0 Å². The third kappa shape index (κ3) is 3.69. The molecule has 0 N–H and O–H groups in total. The van der Waals surface area contributed by atoms with Crippen LogP contribution in [-0.2, 0) is 13.1 Å². The van der Waals surface area contributed by atoms with Crippen molar-refractivity contribution in [1.82, 2.24) is 4.98 Å². The van der Waals surface area contributed by atoms with Crippen molar-refractivity contribution in [3.63, 3.8) is 0 Å². The van der Waals surface area contributed by atoms with E-state index in [9.17, 15) is 17.6 Å². The summed E-state index contributed by atoms with van der Waals surface area (Å²) < 4.78 is 52.9. The van der Waals surface area contributed by atoms with Crippen molar-refractivity contribution in [2.75, 3.05) is 0 Å². The predicted molar refractivity (Wildman–Crippen MR) is 57.8 cm³/mol. The number of rotatable bonds is 3. The quantitative estimate of drug-likeness (QED) is 0.615. The molecule has 0 unspecified atom stereocenters. The topological polar surface area (TPSA) is 45.9 Å². The van der Waals surface area contributed by atoms with Crippen LogP contribution >= 0.6 is 22.6 Å². The molecule has 0 saturated carbocycles. The Labute approximate surface area is 108 Å². The van der Waals surface area contributed by atoms with Crippen molar-refractivity contribution in [1.29, 1.82) is 5.26 Å². The zero-order valence-electron chi connectivity index (χ0n) is 8.18. The molecule has 0 aromatic carbocycles. The first-order chi connectivity index (χ1) is 7.89. The number of hydrogen-bond acceptors (Lipinski definition) is 3. The van der Waals surface area contributed by atoms with Crippen molar-refractivity contribution in [2.45, 2.75) is 19.5 Å². The van der Waals surface area contributed by atoms with Gasteiger partial charge in [0.15, 0.2) is 5.75 Å². The summed E-state index contributed by atoms with van der Waals surface area (Å²) >= 11 is 1.56. The van der Waals surface area contributed by atoms with Crippen LogP contribution in [0.3, 0.4) is 0 Å². The van der Waals surface area contributed by atoms with Gasteiger partial charge in [0.2, 0.25) is 0 Å². The molecule has 0 spiro atoms. The summed E-state index contributed by atoms with van der Waals surface area (Å²) in [5, 5.41) is 8.46. The molecule has 0 aliphatic rings. The van der Waals surface area contributed by atoms with Gasteiger partial charge in [-0.05, 0) is 22.6 Å². The molecule has 0 fully saturated rings. The van der Waals surface area contributed by atoms with Gasteiger partial charge >= 0.3 is 6.36 Å². The van der Waals surface area contributed by atoms with Crippen LogP contribution in [0.15, 0.2) is 6.20 Å². The lowest BCUT2D eigenvalue weighted by atomic mass is 10.1. The Balaban J connectivity index is 3.26. The van der Waals surface area contributed by atoms with Crippen molar-refractivity contribution < 1.29 is 22.3 Å². The molecule has 8 heteroatoms. The number of halogens is 5. The average Bonchev–Trinajstić information content (AvgIpc) is 2.22. The highest BCUT2D eigenvalue weighted by atomic mass is 127. The largest absolute Gasteiger partial charge is 0.573 e. The van der Waals surface area contributed by atoms with Gasteiger partial charge in [0.05, 0.1) is 21.8 Å². The summed E-state index contributed by atoms with van der Waals surface area (Å²) in [7, 11) is 0.